The van der Waals surface area contributed by atoms with Gasteiger partial charge in [0.1, 0.15) is 0 Å². The summed E-state index contributed by atoms with van der Waals surface area (Å²) < 4.78 is 0. The van der Waals surface area contributed by atoms with Gasteiger partial charge in [0.25, 0.3) is 0 Å². The molecule has 0 atom stereocenters. The van der Waals surface area contributed by atoms with E-state index in [1.54, 1.807) is 12.3 Å². The Hall–Kier alpha value is -1.82. The highest BCUT2D eigenvalue weighted by molar-refractivity contribution is 5.92. The fourth-order valence-electron chi connectivity index (χ4n) is 1.07. The van der Waals surface area contributed by atoms with Crippen molar-refractivity contribution in [1.29, 1.82) is 0 Å². The van der Waals surface area contributed by atoms with Gasteiger partial charge in [-0.2, -0.15) is 0 Å². The van der Waals surface area contributed by atoms with Gasteiger partial charge in [-0.1, -0.05) is 25.2 Å². The van der Waals surface area contributed by atoms with E-state index in [0.717, 1.165) is 24.8 Å². The molecule has 0 aliphatic heterocycles. The van der Waals surface area contributed by atoms with Crippen LogP contribution in [0.1, 0.15) is 42.1 Å². The summed E-state index contributed by atoms with van der Waals surface area (Å²) in [5.41, 5.74) is 6.27. The Balaban J connectivity index is 2.72. The second-order valence-electron chi connectivity index (χ2n) is 3.23. The number of aromatic nitrogens is 1. The molecule has 78 valence electrons. The molecule has 0 aromatic carbocycles. The zero-order chi connectivity index (χ0) is 11.1. The second-order valence-corrected chi connectivity index (χ2v) is 3.23. The molecule has 1 heterocycles. The summed E-state index contributed by atoms with van der Waals surface area (Å²) in [7, 11) is 0. The number of hydrogen-bond donors (Lipinski definition) is 1. The van der Waals surface area contributed by atoms with Crippen molar-refractivity contribution in [3.05, 3.63) is 29.6 Å². The molecule has 15 heavy (non-hydrogen) atoms. The smallest absolute Gasteiger partial charge is 0.250 e. The van der Waals surface area contributed by atoms with Crippen LogP contribution in [0.5, 0.6) is 0 Å². The highest BCUT2D eigenvalue weighted by Crippen LogP contribution is 2.00. The Morgan fingerprint density at radius 1 is 1.53 bits per heavy atom. The molecule has 1 aromatic rings. The molecule has 0 aliphatic rings. The standard InChI is InChI=1S/C12H14N2O/c1-2-3-4-5-6-10-7-11(12(13)15)9-14-8-10/h7-9H,2-4H2,1H3,(H2,13,15). The first-order valence-corrected chi connectivity index (χ1v) is 4.97. The molecule has 1 amide bonds. The van der Waals surface area contributed by atoms with Gasteiger partial charge in [0.05, 0.1) is 5.56 Å². The van der Waals surface area contributed by atoms with Crippen LogP contribution < -0.4 is 5.73 Å². The third-order valence-corrected chi connectivity index (χ3v) is 1.91. The number of unbranched alkanes of at least 4 members (excludes halogenated alkanes) is 2. The van der Waals surface area contributed by atoms with Gasteiger partial charge in [-0.05, 0) is 12.5 Å². The van der Waals surface area contributed by atoms with E-state index in [4.69, 9.17) is 5.73 Å². The number of pyridine rings is 1. The van der Waals surface area contributed by atoms with Crippen LogP contribution in [-0.4, -0.2) is 10.9 Å². The van der Waals surface area contributed by atoms with Crippen molar-refractivity contribution in [3.8, 4) is 11.8 Å². The lowest BCUT2D eigenvalue weighted by Crippen LogP contribution is -2.11. The molecule has 0 saturated heterocycles. The number of rotatable bonds is 3. The van der Waals surface area contributed by atoms with E-state index in [-0.39, 0.29) is 0 Å². The van der Waals surface area contributed by atoms with Gasteiger partial charge in [0.15, 0.2) is 0 Å². The first kappa shape index (κ1) is 11.3. The van der Waals surface area contributed by atoms with Gasteiger partial charge < -0.3 is 5.73 Å². The van der Waals surface area contributed by atoms with Crippen LogP contribution in [0, 0.1) is 11.8 Å². The fourth-order valence-corrected chi connectivity index (χ4v) is 1.07. The van der Waals surface area contributed by atoms with Crippen LogP contribution in [0.25, 0.3) is 0 Å². The molecule has 0 fully saturated rings. The highest BCUT2D eigenvalue weighted by Gasteiger charge is 1.99. The van der Waals surface area contributed by atoms with Crippen LogP contribution >= 0.6 is 0 Å². The minimum Gasteiger partial charge on any atom is -0.366 e. The van der Waals surface area contributed by atoms with Crippen molar-refractivity contribution in [2.45, 2.75) is 26.2 Å². The number of hydrogen-bond acceptors (Lipinski definition) is 2. The zero-order valence-electron chi connectivity index (χ0n) is 8.79. The first-order valence-electron chi connectivity index (χ1n) is 4.97. The lowest BCUT2D eigenvalue weighted by molar-refractivity contribution is 0.1000. The predicted octanol–water partition coefficient (Wildman–Crippen LogP) is 1.72. The molecule has 0 saturated carbocycles. The van der Waals surface area contributed by atoms with Crippen LogP contribution in [0.4, 0.5) is 0 Å². The molecule has 1 aromatic heterocycles. The van der Waals surface area contributed by atoms with Gasteiger partial charge in [-0.3, -0.25) is 9.78 Å². The Morgan fingerprint density at radius 2 is 2.33 bits per heavy atom. The maximum atomic E-state index is 10.9. The van der Waals surface area contributed by atoms with Gasteiger partial charge in [-0.15, -0.1) is 0 Å². The van der Waals surface area contributed by atoms with Crippen LogP contribution in [-0.2, 0) is 0 Å². The molecule has 0 aliphatic carbocycles. The van der Waals surface area contributed by atoms with Gasteiger partial charge in [0, 0.05) is 24.4 Å². The normalized spacial score (nSPS) is 9.13. The van der Waals surface area contributed by atoms with Crippen LogP contribution in [0.3, 0.4) is 0 Å². The number of primary amides is 1. The van der Waals surface area contributed by atoms with E-state index in [2.05, 4.69) is 23.7 Å². The maximum absolute atomic E-state index is 10.9. The van der Waals surface area contributed by atoms with Gasteiger partial charge in [0.2, 0.25) is 5.91 Å². The minimum atomic E-state index is -0.472. The van der Waals surface area contributed by atoms with E-state index >= 15 is 0 Å². The molecular formula is C12H14N2O. The summed E-state index contributed by atoms with van der Waals surface area (Å²) in [6.07, 6.45) is 6.17. The second kappa shape index (κ2) is 5.82. The minimum absolute atomic E-state index is 0.400. The molecule has 0 unspecified atom stereocenters. The SMILES string of the molecule is CCCCC#Cc1cncc(C(N)=O)c1. The van der Waals surface area contributed by atoms with E-state index < -0.39 is 5.91 Å². The summed E-state index contributed by atoms with van der Waals surface area (Å²) in [5, 5.41) is 0. The average Bonchev–Trinajstić information content (AvgIpc) is 2.25. The Morgan fingerprint density at radius 3 is 3.00 bits per heavy atom. The fraction of sp³-hybridized carbons (Fsp3) is 0.333. The third kappa shape index (κ3) is 3.82. The van der Waals surface area contributed by atoms with Crippen molar-refractivity contribution in [3.63, 3.8) is 0 Å². The molecule has 0 radical (unpaired) electrons. The molecule has 3 nitrogen and oxygen atoms in total. The molecule has 0 bridgehead atoms. The Kier molecular flexibility index (Phi) is 4.36. The predicted molar refractivity (Wildman–Crippen MR) is 59.2 cm³/mol. The van der Waals surface area contributed by atoms with Crippen LogP contribution in [0.2, 0.25) is 0 Å². The van der Waals surface area contributed by atoms with Crippen molar-refractivity contribution < 1.29 is 4.79 Å². The number of nitrogens with zero attached hydrogens (tertiary/aromatic N) is 1. The molecule has 2 N–H and O–H groups in total. The van der Waals surface area contributed by atoms with Crippen molar-refractivity contribution in [2.24, 2.45) is 5.73 Å². The molecule has 0 spiro atoms. The Bertz CT molecular complexity index is 402. The first-order chi connectivity index (χ1) is 7.24. The monoisotopic (exact) mass is 202 g/mol. The topological polar surface area (TPSA) is 56.0 Å². The number of amides is 1. The lowest BCUT2D eigenvalue weighted by Gasteiger charge is -1.94. The summed E-state index contributed by atoms with van der Waals surface area (Å²) in [5.74, 6) is 5.51. The highest BCUT2D eigenvalue weighted by atomic mass is 16.1. The lowest BCUT2D eigenvalue weighted by atomic mass is 10.2. The Labute approximate surface area is 89.7 Å². The quantitative estimate of drug-likeness (QED) is 0.599. The van der Waals surface area contributed by atoms with Gasteiger partial charge >= 0.3 is 0 Å². The number of carbonyl (C=O) groups is 1. The van der Waals surface area contributed by atoms with E-state index in [1.165, 1.54) is 6.20 Å². The summed E-state index contributed by atoms with van der Waals surface area (Å²) in [6, 6.07) is 1.66. The third-order valence-electron chi connectivity index (χ3n) is 1.91. The number of carbonyl (C=O) groups excluding carboxylic acids is 1. The van der Waals surface area contributed by atoms with Crippen molar-refractivity contribution in [1.82, 2.24) is 4.98 Å². The summed E-state index contributed by atoms with van der Waals surface area (Å²) in [6.45, 7) is 2.12. The molecule has 3 heteroatoms. The van der Waals surface area contributed by atoms with E-state index in [0.29, 0.717) is 5.56 Å². The number of nitrogens with two attached hydrogens (primary N) is 1. The average molecular weight is 202 g/mol. The van der Waals surface area contributed by atoms with E-state index in [1.807, 2.05) is 0 Å². The van der Waals surface area contributed by atoms with E-state index in [9.17, 15) is 4.79 Å². The van der Waals surface area contributed by atoms with Crippen molar-refractivity contribution in [2.75, 3.05) is 0 Å². The van der Waals surface area contributed by atoms with Crippen molar-refractivity contribution >= 4 is 5.91 Å². The summed E-state index contributed by atoms with van der Waals surface area (Å²) in [4.78, 5) is 14.8. The zero-order valence-corrected chi connectivity index (χ0v) is 8.79. The van der Waals surface area contributed by atoms with Gasteiger partial charge in [-0.25, -0.2) is 0 Å². The maximum Gasteiger partial charge on any atom is 0.250 e. The van der Waals surface area contributed by atoms with Crippen LogP contribution in [0.15, 0.2) is 18.5 Å². The molecule has 1 rings (SSSR count). The largest absolute Gasteiger partial charge is 0.366 e. The molecular weight excluding hydrogens is 188 g/mol. The summed E-state index contributed by atoms with van der Waals surface area (Å²) >= 11 is 0.